The quantitative estimate of drug-likeness (QED) is 0.583. The Labute approximate surface area is 158 Å². The zero-order valence-electron chi connectivity index (χ0n) is 14.0. The van der Waals surface area contributed by atoms with Crippen molar-refractivity contribution in [3.8, 4) is 6.07 Å². The molecule has 3 heterocycles. The fourth-order valence-corrected chi connectivity index (χ4v) is 4.06. The maximum absolute atomic E-state index is 12.7. The molecule has 1 N–H and O–H groups in total. The van der Waals surface area contributed by atoms with E-state index in [9.17, 15) is 4.79 Å². The van der Waals surface area contributed by atoms with E-state index in [0.29, 0.717) is 16.4 Å². The Morgan fingerprint density at radius 2 is 2.19 bits per heavy atom. The summed E-state index contributed by atoms with van der Waals surface area (Å²) in [7, 11) is 1.85. The van der Waals surface area contributed by atoms with Gasteiger partial charge in [0.2, 0.25) is 0 Å². The lowest BCUT2D eigenvalue weighted by Crippen LogP contribution is -2.27. The van der Waals surface area contributed by atoms with Crippen LogP contribution in [0.15, 0.2) is 36.7 Å². The van der Waals surface area contributed by atoms with Gasteiger partial charge < -0.3 is 9.88 Å². The Kier molecular flexibility index (Phi) is 3.94. The molecule has 0 radical (unpaired) electrons. The summed E-state index contributed by atoms with van der Waals surface area (Å²) in [6.07, 6.45) is 3.57. The van der Waals surface area contributed by atoms with Gasteiger partial charge in [0, 0.05) is 40.2 Å². The molecule has 3 aromatic heterocycles. The number of halogens is 1. The van der Waals surface area contributed by atoms with Gasteiger partial charge >= 0.3 is 0 Å². The first-order valence-electron chi connectivity index (χ1n) is 7.90. The van der Waals surface area contributed by atoms with Crippen molar-refractivity contribution < 1.29 is 4.79 Å². The molecular weight excluding hydrogens is 370 g/mol. The minimum atomic E-state index is -0.179. The van der Waals surface area contributed by atoms with Crippen molar-refractivity contribution in [2.24, 2.45) is 7.05 Å². The number of carbonyl (C=O) groups excluding carboxylic acids is 1. The number of aryl methyl sites for hydroxylation is 1. The standard InChI is InChI=1S/C18H14ClN5OS/c1-10(16-9-24-8-13(7-20)22-18(24)26-16)21-17(25)15-5-11-3-4-12(19)6-14(11)23(15)2/h3-6,8-10H,1-2H3,(H,21,25). The van der Waals surface area contributed by atoms with Crippen molar-refractivity contribution in [1.29, 1.82) is 5.26 Å². The monoisotopic (exact) mass is 383 g/mol. The zero-order chi connectivity index (χ0) is 18.4. The average molecular weight is 384 g/mol. The molecule has 4 rings (SSSR count). The molecule has 0 aliphatic rings. The number of carbonyl (C=O) groups is 1. The first-order chi connectivity index (χ1) is 12.5. The van der Waals surface area contributed by atoms with E-state index in [2.05, 4.69) is 10.3 Å². The number of nitrogens with one attached hydrogen (secondary N) is 1. The van der Waals surface area contributed by atoms with E-state index in [4.69, 9.17) is 16.9 Å². The Morgan fingerprint density at radius 3 is 2.92 bits per heavy atom. The zero-order valence-corrected chi connectivity index (χ0v) is 15.6. The predicted octanol–water partition coefficient (Wildman–Crippen LogP) is 3.90. The molecule has 0 aliphatic carbocycles. The van der Waals surface area contributed by atoms with E-state index in [1.54, 1.807) is 10.6 Å². The summed E-state index contributed by atoms with van der Waals surface area (Å²) in [6.45, 7) is 1.92. The van der Waals surface area contributed by atoms with Gasteiger partial charge in [-0.1, -0.05) is 29.0 Å². The Balaban J connectivity index is 1.59. The van der Waals surface area contributed by atoms with Crippen molar-refractivity contribution in [2.75, 3.05) is 0 Å². The topological polar surface area (TPSA) is 75.1 Å². The molecule has 0 saturated carbocycles. The lowest BCUT2D eigenvalue weighted by molar-refractivity contribution is 0.0932. The van der Waals surface area contributed by atoms with Gasteiger partial charge in [0.15, 0.2) is 10.7 Å². The highest BCUT2D eigenvalue weighted by atomic mass is 35.5. The van der Waals surface area contributed by atoms with Gasteiger partial charge in [0.1, 0.15) is 11.8 Å². The van der Waals surface area contributed by atoms with E-state index < -0.39 is 0 Å². The number of rotatable bonds is 3. The maximum atomic E-state index is 12.7. The van der Waals surface area contributed by atoms with Gasteiger partial charge in [-0.05, 0) is 25.1 Å². The van der Waals surface area contributed by atoms with Crippen LogP contribution in [0, 0.1) is 11.3 Å². The van der Waals surface area contributed by atoms with Crippen LogP contribution in [0.1, 0.15) is 34.0 Å². The van der Waals surface area contributed by atoms with Crippen LogP contribution >= 0.6 is 22.9 Å². The van der Waals surface area contributed by atoms with E-state index in [1.165, 1.54) is 11.3 Å². The molecular formula is C18H14ClN5OS. The highest BCUT2D eigenvalue weighted by Crippen LogP contribution is 2.26. The number of nitrogens with zero attached hydrogens (tertiary/aromatic N) is 4. The highest BCUT2D eigenvalue weighted by Gasteiger charge is 2.18. The Bertz CT molecular complexity index is 1160. The maximum Gasteiger partial charge on any atom is 0.268 e. The summed E-state index contributed by atoms with van der Waals surface area (Å²) in [6, 6.07) is 9.25. The molecule has 0 saturated heterocycles. The van der Waals surface area contributed by atoms with E-state index in [1.807, 2.05) is 55.1 Å². The van der Waals surface area contributed by atoms with Crippen LogP contribution in [0.25, 0.3) is 15.9 Å². The number of hydrogen-bond acceptors (Lipinski definition) is 4. The second kappa shape index (κ2) is 6.16. The third-order valence-corrected chi connectivity index (χ3v) is 5.72. The largest absolute Gasteiger partial charge is 0.343 e. The van der Waals surface area contributed by atoms with Crippen molar-refractivity contribution in [3.63, 3.8) is 0 Å². The molecule has 1 atom stereocenters. The van der Waals surface area contributed by atoms with E-state index in [-0.39, 0.29) is 11.9 Å². The molecule has 26 heavy (non-hydrogen) atoms. The molecule has 8 heteroatoms. The van der Waals surface area contributed by atoms with Gasteiger partial charge in [0.05, 0.1) is 6.04 Å². The average Bonchev–Trinajstić information content (AvgIpc) is 3.26. The smallest absolute Gasteiger partial charge is 0.268 e. The van der Waals surface area contributed by atoms with Gasteiger partial charge in [-0.2, -0.15) is 5.26 Å². The number of benzene rings is 1. The SMILES string of the molecule is CC(NC(=O)c1cc2ccc(Cl)cc2n1C)c1cn2cc(C#N)nc2s1. The molecule has 0 bridgehead atoms. The highest BCUT2D eigenvalue weighted by molar-refractivity contribution is 7.17. The minimum absolute atomic E-state index is 0.156. The molecule has 0 spiro atoms. The Morgan fingerprint density at radius 1 is 1.38 bits per heavy atom. The summed E-state index contributed by atoms with van der Waals surface area (Å²) in [4.78, 5) is 18.6. The minimum Gasteiger partial charge on any atom is -0.343 e. The molecule has 1 amide bonds. The second-order valence-electron chi connectivity index (χ2n) is 6.05. The molecule has 130 valence electrons. The molecule has 0 fully saturated rings. The van der Waals surface area contributed by atoms with Gasteiger partial charge in [0.25, 0.3) is 5.91 Å². The number of fused-ring (bicyclic) bond motifs is 2. The van der Waals surface area contributed by atoms with Gasteiger partial charge in [-0.15, -0.1) is 0 Å². The summed E-state index contributed by atoms with van der Waals surface area (Å²) >= 11 is 7.50. The lowest BCUT2D eigenvalue weighted by atomic mass is 10.2. The molecule has 1 aromatic carbocycles. The third kappa shape index (κ3) is 2.73. The number of imidazole rings is 1. The summed E-state index contributed by atoms with van der Waals surface area (Å²) in [5.74, 6) is -0.156. The number of thiazole rings is 1. The fraction of sp³-hybridized carbons (Fsp3) is 0.167. The van der Waals surface area contributed by atoms with Gasteiger partial charge in [-0.25, -0.2) is 4.98 Å². The third-order valence-electron chi connectivity index (χ3n) is 4.30. The van der Waals surface area contributed by atoms with Crippen LogP contribution < -0.4 is 5.32 Å². The van der Waals surface area contributed by atoms with Crippen LogP contribution in [-0.2, 0) is 7.05 Å². The number of nitriles is 1. The van der Waals surface area contributed by atoms with Crippen LogP contribution in [0.3, 0.4) is 0 Å². The second-order valence-corrected chi connectivity index (χ2v) is 7.53. The van der Waals surface area contributed by atoms with Crippen LogP contribution in [-0.4, -0.2) is 19.9 Å². The summed E-state index contributed by atoms with van der Waals surface area (Å²) in [5.41, 5.74) is 1.87. The first-order valence-corrected chi connectivity index (χ1v) is 9.10. The number of amides is 1. The van der Waals surface area contributed by atoms with Crippen molar-refractivity contribution in [2.45, 2.75) is 13.0 Å². The first kappa shape index (κ1) is 16.6. The van der Waals surface area contributed by atoms with E-state index >= 15 is 0 Å². The van der Waals surface area contributed by atoms with Crippen molar-refractivity contribution in [3.05, 3.63) is 57.9 Å². The van der Waals surface area contributed by atoms with Crippen LogP contribution in [0.2, 0.25) is 5.02 Å². The van der Waals surface area contributed by atoms with Gasteiger partial charge in [-0.3, -0.25) is 9.20 Å². The molecule has 0 aliphatic heterocycles. The predicted molar refractivity (Wildman–Crippen MR) is 102 cm³/mol. The molecule has 4 aromatic rings. The Hall–Kier alpha value is -2.82. The number of hydrogen-bond donors (Lipinski definition) is 1. The number of aromatic nitrogens is 3. The normalized spacial score (nSPS) is 12.4. The molecule has 6 nitrogen and oxygen atoms in total. The molecule has 1 unspecified atom stereocenters. The van der Waals surface area contributed by atoms with Crippen LogP contribution in [0.4, 0.5) is 0 Å². The van der Waals surface area contributed by atoms with Crippen LogP contribution in [0.5, 0.6) is 0 Å². The lowest BCUT2D eigenvalue weighted by Gasteiger charge is -2.12. The fourth-order valence-electron chi connectivity index (χ4n) is 2.93. The van der Waals surface area contributed by atoms with Crippen molar-refractivity contribution in [1.82, 2.24) is 19.3 Å². The summed E-state index contributed by atoms with van der Waals surface area (Å²) < 4.78 is 3.64. The summed E-state index contributed by atoms with van der Waals surface area (Å²) in [5, 5.41) is 13.5. The van der Waals surface area contributed by atoms with Crippen molar-refractivity contribution >= 4 is 44.7 Å². The van der Waals surface area contributed by atoms with E-state index in [0.717, 1.165) is 20.7 Å².